The van der Waals surface area contributed by atoms with Crippen molar-refractivity contribution in [2.75, 3.05) is 40.0 Å². The fourth-order valence-electron chi connectivity index (χ4n) is 4.37. The highest BCUT2D eigenvalue weighted by Crippen LogP contribution is 2.29. The first-order chi connectivity index (χ1) is 15.7. The number of halogens is 2. The smallest absolute Gasteiger partial charge is 0.234 e. The lowest BCUT2D eigenvalue weighted by molar-refractivity contribution is 0.0497. The summed E-state index contributed by atoms with van der Waals surface area (Å²) in [5, 5.41) is 8.97. The van der Waals surface area contributed by atoms with Gasteiger partial charge in [0.05, 0.1) is 12.3 Å². The molecular weight excluding hydrogens is 473 g/mol. The van der Waals surface area contributed by atoms with E-state index >= 15 is 0 Å². The van der Waals surface area contributed by atoms with Gasteiger partial charge in [-0.3, -0.25) is 0 Å². The van der Waals surface area contributed by atoms with E-state index in [0.29, 0.717) is 11.8 Å². The Morgan fingerprint density at radius 2 is 1.71 bits per heavy atom. The predicted octanol–water partition coefficient (Wildman–Crippen LogP) is 5.61. The van der Waals surface area contributed by atoms with Crippen LogP contribution in [-0.2, 0) is 11.2 Å². The van der Waals surface area contributed by atoms with E-state index in [1.807, 2.05) is 0 Å². The number of unbranched alkanes of at least 4 members (excludes halogenated alkanes) is 1. The molecule has 1 aromatic heterocycles. The molecule has 0 unspecified atom stereocenters. The molecule has 3 heterocycles. The Labute approximate surface area is 216 Å². The first kappa shape index (κ1) is 28.6. The summed E-state index contributed by atoms with van der Waals surface area (Å²) in [6.45, 7) is 6.80. The van der Waals surface area contributed by atoms with E-state index < -0.39 is 0 Å². The lowest BCUT2D eigenvalue weighted by Gasteiger charge is -2.28. The largest absolute Gasteiger partial charge is 0.493 e. The number of aryl methyl sites for hydroxylation is 1. The molecular formula is C26H39Cl2N3O3. The summed E-state index contributed by atoms with van der Waals surface area (Å²) in [4.78, 5) is 2.34. The Hall–Kier alpha value is -1.60. The first-order valence-electron chi connectivity index (χ1n) is 12.2. The van der Waals surface area contributed by atoms with E-state index in [1.165, 1.54) is 0 Å². The van der Waals surface area contributed by atoms with Crippen LogP contribution in [0.2, 0.25) is 0 Å². The third-order valence-electron chi connectivity index (χ3n) is 6.56. The Balaban J connectivity index is 0.00000204. The molecule has 2 fully saturated rings. The van der Waals surface area contributed by atoms with Crippen molar-refractivity contribution in [3.63, 3.8) is 0 Å². The fourth-order valence-corrected chi connectivity index (χ4v) is 4.37. The number of hydrogen-bond donors (Lipinski definition) is 0. The van der Waals surface area contributed by atoms with E-state index in [9.17, 15) is 0 Å². The molecule has 0 atom stereocenters. The van der Waals surface area contributed by atoms with Gasteiger partial charge in [0.15, 0.2) is 0 Å². The Morgan fingerprint density at radius 1 is 1.00 bits per heavy atom. The zero-order chi connectivity index (χ0) is 22.2. The lowest BCUT2D eigenvalue weighted by Crippen LogP contribution is -2.35. The molecule has 0 radical (unpaired) electrons. The second kappa shape index (κ2) is 14.7. The number of benzene rings is 1. The monoisotopic (exact) mass is 511 g/mol. The first-order valence-corrected chi connectivity index (χ1v) is 12.2. The quantitative estimate of drug-likeness (QED) is 0.436. The number of hydrogen-bond acceptors (Lipinski definition) is 6. The van der Waals surface area contributed by atoms with Crippen LogP contribution < -0.4 is 9.47 Å². The minimum atomic E-state index is 0. The van der Waals surface area contributed by atoms with Crippen molar-refractivity contribution in [2.45, 2.75) is 58.0 Å². The highest BCUT2D eigenvalue weighted by atomic mass is 35.5. The van der Waals surface area contributed by atoms with Crippen molar-refractivity contribution in [1.29, 1.82) is 0 Å². The van der Waals surface area contributed by atoms with Crippen LogP contribution in [-0.4, -0.2) is 61.2 Å². The standard InChI is InChI=1S/C26H37N3O3.2ClH/c1-3-4-5-25-24(18-26(28-27-25)32-23-10-14-29(2)15-11-23)21-6-8-22(9-7-21)31-19-20-12-16-30-17-13-20;;/h6-9,18,20,23H,3-5,10-17,19H2,1-2H3;2*1H. The number of rotatable bonds is 9. The van der Waals surface area contributed by atoms with Gasteiger partial charge >= 0.3 is 0 Å². The Bertz CT molecular complexity index is 840. The summed E-state index contributed by atoms with van der Waals surface area (Å²) in [5.74, 6) is 2.14. The van der Waals surface area contributed by atoms with Gasteiger partial charge in [-0.1, -0.05) is 25.5 Å². The van der Waals surface area contributed by atoms with Crippen molar-refractivity contribution >= 4 is 24.8 Å². The maximum Gasteiger partial charge on any atom is 0.234 e. The molecule has 0 amide bonds. The summed E-state index contributed by atoms with van der Waals surface area (Å²) in [6.07, 6.45) is 7.61. The van der Waals surface area contributed by atoms with Crippen LogP contribution in [0, 0.1) is 5.92 Å². The van der Waals surface area contributed by atoms with Gasteiger partial charge in [0, 0.05) is 37.9 Å². The topological polar surface area (TPSA) is 56.7 Å². The molecule has 34 heavy (non-hydrogen) atoms. The second-order valence-corrected chi connectivity index (χ2v) is 9.16. The Morgan fingerprint density at radius 3 is 2.38 bits per heavy atom. The van der Waals surface area contributed by atoms with Gasteiger partial charge in [-0.05, 0) is 69.2 Å². The van der Waals surface area contributed by atoms with E-state index in [2.05, 4.69) is 59.4 Å². The van der Waals surface area contributed by atoms with Crippen LogP contribution in [0.5, 0.6) is 11.6 Å². The van der Waals surface area contributed by atoms with Gasteiger partial charge in [-0.15, -0.1) is 29.9 Å². The van der Waals surface area contributed by atoms with Crippen LogP contribution in [0.4, 0.5) is 0 Å². The number of aromatic nitrogens is 2. The molecule has 8 heteroatoms. The third-order valence-corrected chi connectivity index (χ3v) is 6.56. The second-order valence-electron chi connectivity index (χ2n) is 9.16. The van der Waals surface area contributed by atoms with E-state index in [0.717, 1.165) is 100 Å². The molecule has 6 nitrogen and oxygen atoms in total. The number of piperidine rings is 1. The van der Waals surface area contributed by atoms with Gasteiger partial charge in [-0.25, -0.2) is 0 Å². The highest BCUT2D eigenvalue weighted by Gasteiger charge is 2.20. The van der Waals surface area contributed by atoms with Crippen LogP contribution in [0.15, 0.2) is 30.3 Å². The number of nitrogens with zero attached hydrogens (tertiary/aromatic N) is 3. The summed E-state index contributed by atoms with van der Waals surface area (Å²) < 4.78 is 17.7. The molecule has 0 N–H and O–H groups in total. The van der Waals surface area contributed by atoms with Gasteiger partial charge in [0.1, 0.15) is 11.9 Å². The average molecular weight is 513 g/mol. The van der Waals surface area contributed by atoms with E-state index in [4.69, 9.17) is 14.2 Å². The minimum absolute atomic E-state index is 0. The number of ether oxygens (including phenoxy) is 3. The van der Waals surface area contributed by atoms with Crippen LogP contribution in [0.1, 0.15) is 51.1 Å². The van der Waals surface area contributed by atoms with Gasteiger partial charge in [0.25, 0.3) is 0 Å². The molecule has 0 spiro atoms. The normalized spacial score (nSPS) is 17.5. The SMILES string of the molecule is CCCCc1nnc(OC2CCN(C)CC2)cc1-c1ccc(OCC2CCOCC2)cc1.Cl.Cl. The summed E-state index contributed by atoms with van der Waals surface area (Å²) in [5.41, 5.74) is 3.29. The molecule has 4 rings (SSSR count). The summed E-state index contributed by atoms with van der Waals surface area (Å²) >= 11 is 0. The maximum atomic E-state index is 6.22. The van der Waals surface area contributed by atoms with Crippen LogP contribution >= 0.6 is 24.8 Å². The zero-order valence-corrected chi connectivity index (χ0v) is 22.0. The molecule has 190 valence electrons. The number of likely N-dealkylation sites (tertiary alicyclic amines) is 1. The molecule has 0 bridgehead atoms. The van der Waals surface area contributed by atoms with Crippen molar-refractivity contribution < 1.29 is 14.2 Å². The average Bonchev–Trinajstić information content (AvgIpc) is 2.84. The van der Waals surface area contributed by atoms with Gasteiger partial charge < -0.3 is 19.1 Å². The molecule has 2 aliphatic heterocycles. The van der Waals surface area contributed by atoms with Gasteiger partial charge in [0.2, 0.25) is 5.88 Å². The predicted molar refractivity (Wildman–Crippen MR) is 141 cm³/mol. The molecule has 0 saturated carbocycles. The molecule has 2 saturated heterocycles. The van der Waals surface area contributed by atoms with Crippen LogP contribution in [0.25, 0.3) is 11.1 Å². The van der Waals surface area contributed by atoms with Crippen molar-refractivity contribution in [1.82, 2.24) is 15.1 Å². The van der Waals surface area contributed by atoms with Gasteiger partial charge in [-0.2, -0.15) is 5.10 Å². The third kappa shape index (κ3) is 8.26. The molecule has 2 aliphatic rings. The minimum Gasteiger partial charge on any atom is -0.493 e. The summed E-state index contributed by atoms with van der Waals surface area (Å²) in [7, 11) is 2.16. The fraction of sp³-hybridized carbons (Fsp3) is 0.615. The molecule has 1 aromatic carbocycles. The zero-order valence-electron chi connectivity index (χ0n) is 20.4. The highest BCUT2D eigenvalue weighted by molar-refractivity contribution is 5.85. The Kier molecular flexibility index (Phi) is 12.4. The van der Waals surface area contributed by atoms with E-state index in [1.54, 1.807) is 0 Å². The summed E-state index contributed by atoms with van der Waals surface area (Å²) in [6, 6.07) is 10.5. The van der Waals surface area contributed by atoms with Crippen molar-refractivity contribution in [3.05, 3.63) is 36.0 Å². The molecule has 0 aliphatic carbocycles. The van der Waals surface area contributed by atoms with Crippen LogP contribution in [0.3, 0.4) is 0 Å². The van der Waals surface area contributed by atoms with Crippen molar-refractivity contribution in [2.24, 2.45) is 5.92 Å². The van der Waals surface area contributed by atoms with E-state index in [-0.39, 0.29) is 30.9 Å². The molecule has 2 aromatic rings. The van der Waals surface area contributed by atoms with Crippen molar-refractivity contribution in [3.8, 4) is 22.8 Å². The maximum absolute atomic E-state index is 6.22. The lowest BCUT2D eigenvalue weighted by atomic mass is 10.0.